The Morgan fingerprint density at radius 3 is 2.54 bits per heavy atom. The number of aromatic hydroxyl groups is 1. The lowest BCUT2D eigenvalue weighted by Gasteiger charge is -2.16. The van der Waals surface area contributed by atoms with Gasteiger partial charge in [0, 0.05) is 10.9 Å². The molecular weight excluding hydrogens is 337 g/mol. The van der Waals surface area contributed by atoms with Crippen LogP contribution in [0.3, 0.4) is 0 Å². The van der Waals surface area contributed by atoms with E-state index in [0.29, 0.717) is 22.2 Å². The van der Waals surface area contributed by atoms with Crippen LogP contribution in [0.25, 0.3) is 16.7 Å². The van der Waals surface area contributed by atoms with Crippen LogP contribution in [-0.4, -0.2) is 20.6 Å². The van der Waals surface area contributed by atoms with Crippen molar-refractivity contribution in [3.63, 3.8) is 0 Å². The van der Waals surface area contributed by atoms with Crippen molar-refractivity contribution in [3.8, 4) is 17.5 Å². The van der Waals surface area contributed by atoms with Crippen molar-refractivity contribution in [2.45, 2.75) is 20.8 Å². The van der Waals surface area contributed by atoms with E-state index in [1.807, 2.05) is 6.07 Å². The van der Waals surface area contributed by atoms with Crippen LogP contribution >= 0.6 is 0 Å². The fourth-order valence-electron chi connectivity index (χ4n) is 3.18. The van der Waals surface area contributed by atoms with E-state index in [2.05, 4.69) is 4.98 Å². The maximum atomic E-state index is 13.8. The number of phenols is 1. The van der Waals surface area contributed by atoms with Crippen molar-refractivity contribution in [2.24, 2.45) is 5.73 Å². The van der Waals surface area contributed by atoms with Gasteiger partial charge in [-0.15, -0.1) is 0 Å². The molecule has 7 nitrogen and oxygen atoms in total. The average Bonchev–Trinajstić information content (AvgIpc) is 2.83. The monoisotopic (exact) mass is 353 g/mol. The number of fused-ring (bicyclic) bond motifs is 1. The lowest BCUT2D eigenvalue weighted by molar-refractivity contribution is 0.100. The molecule has 5 N–H and O–H groups in total. The third kappa shape index (κ3) is 2.25. The highest BCUT2D eigenvalue weighted by molar-refractivity contribution is 6.11. The van der Waals surface area contributed by atoms with Gasteiger partial charge in [0.25, 0.3) is 5.91 Å². The highest BCUT2D eigenvalue weighted by Gasteiger charge is 2.25. The second-order valence-corrected chi connectivity index (χ2v) is 6.09. The average molecular weight is 353 g/mol. The normalized spacial score (nSPS) is 10.9. The zero-order valence-electron chi connectivity index (χ0n) is 14.4. The van der Waals surface area contributed by atoms with Crippen LogP contribution in [-0.2, 0) is 0 Å². The summed E-state index contributed by atoms with van der Waals surface area (Å²) in [5, 5.41) is 19.7. The molecule has 2 heterocycles. The van der Waals surface area contributed by atoms with Crippen LogP contribution in [0.15, 0.2) is 12.1 Å². The van der Waals surface area contributed by atoms with Crippen LogP contribution in [0.2, 0.25) is 0 Å². The first-order valence-electron chi connectivity index (χ1n) is 7.69. The fraction of sp³-hybridized carbons (Fsp3) is 0.167. The number of nitrogens with zero attached hydrogens (tertiary/aromatic N) is 3. The minimum absolute atomic E-state index is 0.00620. The molecule has 0 saturated carbocycles. The molecule has 0 aliphatic carbocycles. The van der Waals surface area contributed by atoms with E-state index >= 15 is 0 Å². The third-order valence-electron chi connectivity index (χ3n) is 4.40. The van der Waals surface area contributed by atoms with Gasteiger partial charge in [0.2, 0.25) is 0 Å². The molecule has 0 radical (unpaired) electrons. The molecule has 0 atom stereocenters. The number of aromatic nitrogens is 2. The van der Waals surface area contributed by atoms with E-state index in [1.165, 1.54) is 11.5 Å². The van der Waals surface area contributed by atoms with Crippen molar-refractivity contribution in [1.29, 1.82) is 5.26 Å². The Balaban J connectivity index is 2.57. The van der Waals surface area contributed by atoms with Crippen molar-refractivity contribution >= 4 is 22.8 Å². The van der Waals surface area contributed by atoms with Crippen LogP contribution < -0.4 is 11.5 Å². The van der Waals surface area contributed by atoms with E-state index in [1.54, 1.807) is 19.9 Å². The van der Waals surface area contributed by atoms with E-state index in [-0.39, 0.29) is 28.3 Å². The highest BCUT2D eigenvalue weighted by Crippen LogP contribution is 2.37. The van der Waals surface area contributed by atoms with Crippen molar-refractivity contribution < 1.29 is 14.3 Å². The molecule has 26 heavy (non-hydrogen) atoms. The number of phenolic OH excluding ortho intramolecular Hbond substituents is 1. The molecule has 1 amide bonds. The van der Waals surface area contributed by atoms with Gasteiger partial charge < -0.3 is 16.6 Å². The molecule has 132 valence electrons. The molecule has 1 aromatic carbocycles. The molecule has 8 heteroatoms. The lowest BCUT2D eigenvalue weighted by Crippen LogP contribution is -2.14. The number of pyridine rings is 1. The standard InChI is InChI=1S/C18H16FN5O2/c1-7-4-10-13(17(22)26)16(21)24(18(10)23-12(7)6-20)14-8(2)5-11(19)15(25)9(14)3/h4-5,25H,21H2,1-3H3,(H2,22,26). The van der Waals surface area contributed by atoms with Gasteiger partial charge >= 0.3 is 0 Å². The molecule has 0 aliphatic rings. The van der Waals surface area contributed by atoms with Gasteiger partial charge in [-0.1, -0.05) is 0 Å². The zero-order valence-corrected chi connectivity index (χ0v) is 14.4. The van der Waals surface area contributed by atoms with E-state index < -0.39 is 17.5 Å². The summed E-state index contributed by atoms with van der Waals surface area (Å²) >= 11 is 0. The number of nitriles is 1. The van der Waals surface area contributed by atoms with E-state index in [9.17, 15) is 19.6 Å². The summed E-state index contributed by atoms with van der Waals surface area (Å²) in [6.45, 7) is 4.85. The number of benzene rings is 1. The lowest BCUT2D eigenvalue weighted by atomic mass is 10.1. The second-order valence-electron chi connectivity index (χ2n) is 6.09. The number of anilines is 1. The summed E-state index contributed by atoms with van der Waals surface area (Å²) in [5.41, 5.74) is 13.8. The molecule has 0 saturated heterocycles. The molecule has 2 aromatic heterocycles. The third-order valence-corrected chi connectivity index (χ3v) is 4.40. The van der Waals surface area contributed by atoms with Crippen LogP contribution in [0, 0.1) is 37.9 Å². The Morgan fingerprint density at radius 1 is 1.31 bits per heavy atom. The maximum Gasteiger partial charge on any atom is 0.253 e. The van der Waals surface area contributed by atoms with E-state index in [0.717, 1.165) is 6.07 Å². The van der Waals surface area contributed by atoms with Gasteiger partial charge in [-0.25, -0.2) is 9.37 Å². The fourth-order valence-corrected chi connectivity index (χ4v) is 3.18. The number of primary amides is 1. The summed E-state index contributed by atoms with van der Waals surface area (Å²) in [6, 6.07) is 4.75. The zero-order chi connectivity index (χ0) is 19.3. The van der Waals surface area contributed by atoms with Gasteiger partial charge in [0.05, 0.1) is 11.3 Å². The van der Waals surface area contributed by atoms with E-state index in [4.69, 9.17) is 11.5 Å². The first kappa shape index (κ1) is 17.2. The predicted molar refractivity (Wildman–Crippen MR) is 94.5 cm³/mol. The van der Waals surface area contributed by atoms with Gasteiger partial charge in [-0.2, -0.15) is 5.26 Å². The summed E-state index contributed by atoms with van der Waals surface area (Å²) in [6.07, 6.45) is 0. The van der Waals surface area contributed by atoms with Crippen molar-refractivity contribution in [1.82, 2.24) is 9.55 Å². The SMILES string of the molecule is Cc1cc2c(C(N)=O)c(N)n(-c3c(C)cc(F)c(O)c3C)c2nc1C#N. The Labute approximate surface area is 148 Å². The number of carbonyl (C=O) groups is 1. The first-order valence-corrected chi connectivity index (χ1v) is 7.69. The minimum atomic E-state index is -0.768. The molecule has 0 spiro atoms. The number of carbonyl (C=O) groups excluding carboxylic acids is 1. The Bertz CT molecular complexity index is 1140. The smallest absolute Gasteiger partial charge is 0.253 e. The molecule has 3 aromatic rings. The Hall–Kier alpha value is -3.60. The summed E-state index contributed by atoms with van der Waals surface area (Å²) in [7, 11) is 0. The largest absolute Gasteiger partial charge is 0.505 e. The Kier molecular flexibility index (Phi) is 3.80. The number of nitrogens with two attached hydrogens (primary N) is 2. The Morgan fingerprint density at radius 2 is 1.96 bits per heavy atom. The van der Waals surface area contributed by atoms with Crippen molar-refractivity contribution in [2.75, 3.05) is 5.73 Å². The van der Waals surface area contributed by atoms with Gasteiger partial charge in [0.1, 0.15) is 23.2 Å². The minimum Gasteiger partial charge on any atom is -0.505 e. The van der Waals surface area contributed by atoms with Crippen LogP contribution in [0.4, 0.5) is 10.2 Å². The number of halogens is 1. The van der Waals surface area contributed by atoms with Crippen LogP contribution in [0.1, 0.15) is 32.7 Å². The molecule has 0 bridgehead atoms. The van der Waals surface area contributed by atoms with Gasteiger partial charge in [-0.3, -0.25) is 9.36 Å². The molecule has 3 rings (SSSR count). The highest BCUT2D eigenvalue weighted by atomic mass is 19.1. The number of hydrogen-bond acceptors (Lipinski definition) is 5. The second kappa shape index (κ2) is 5.74. The number of aryl methyl sites for hydroxylation is 2. The molecular formula is C18H16FN5O2. The number of hydrogen-bond donors (Lipinski definition) is 3. The quantitative estimate of drug-likeness (QED) is 0.651. The van der Waals surface area contributed by atoms with Crippen molar-refractivity contribution in [3.05, 3.63) is 45.9 Å². The summed E-state index contributed by atoms with van der Waals surface area (Å²) in [4.78, 5) is 16.3. The molecule has 0 fully saturated rings. The molecule has 0 aliphatic heterocycles. The topological polar surface area (TPSA) is 131 Å². The number of nitrogen functional groups attached to an aromatic ring is 1. The predicted octanol–water partition coefficient (Wildman–Crippen LogP) is 2.35. The van der Waals surface area contributed by atoms with Crippen LogP contribution in [0.5, 0.6) is 5.75 Å². The number of amides is 1. The van der Waals surface area contributed by atoms with Gasteiger partial charge in [-0.05, 0) is 44.0 Å². The van der Waals surface area contributed by atoms with Gasteiger partial charge in [0.15, 0.2) is 11.6 Å². The summed E-state index contributed by atoms with van der Waals surface area (Å²) in [5.74, 6) is -2.04. The summed E-state index contributed by atoms with van der Waals surface area (Å²) < 4.78 is 15.2. The maximum absolute atomic E-state index is 13.8. The first-order chi connectivity index (χ1) is 12.2. The molecule has 0 unspecified atom stereocenters. The number of rotatable bonds is 2.